The molecule has 0 unspecified atom stereocenters. The molecule has 0 atom stereocenters. The van der Waals surface area contributed by atoms with Crippen LogP contribution >= 0.6 is 12.2 Å². The van der Waals surface area contributed by atoms with Gasteiger partial charge in [0.15, 0.2) is 9.84 Å². The van der Waals surface area contributed by atoms with Crippen LogP contribution in [-0.4, -0.2) is 48.8 Å². The van der Waals surface area contributed by atoms with Gasteiger partial charge >= 0.3 is 0 Å². The normalized spacial score (nSPS) is 25.7. The molecule has 5 nitrogen and oxygen atoms in total. The molecule has 2 fully saturated rings. The first kappa shape index (κ1) is 15.7. The quantitative estimate of drug-likeness (QED) is 0.764. The molecule has 0 aromatic heterocycles. The van der Waals surface area contributed by atoms with Gasteiger partial charge in [-0.15, -0.1) is 0 Å². The highest BCUT2D eigenvalue weighted by molar-refractivity contribution is 7.91. The first-order chi connectivity index (χ1) is 9.37. The minimum atomic E-state index is -3.01. The van der Waals surface area contributed by atoms with Gasteiger partial charge in [0.2, 0.25) is 5.91 Å². The smallest absolute Gasteiger partial charge is 0.235 e. The van der Waals surface area contributed by atoms with Crippen LogP contribution in [0.2, 0.25) is 0 Å². The molecule has 0 bridgehead atoms. The predicted molar refractivity (Wildman–Crippen MR) is 82.2 cm³/mol. The minimum absolute atomic E-state index is 0.0478. The summed E-state index contributed by atoms with van der Waals surface area (Å²) in [6.07, 6.45) is 4.91. The van der Waals surface area contributed by atoms with Gasteiger partial charge in [0.1, 0.15) is 0 Å². The molecule has 1 amide bonds. The van der Waals surface area contributed by atoms with E-state index in [9.17, 15) is 13.2 Å². The highest BCUT2D eigenvalue weighted by Crippen LogP contribution is 2.38. The van der Waals surface area contributed by atoms with Gasteiger partial charge in [-0.25, -0.2) is 8.42 Å². The molecule has 0 aromatic rings. The molecule has 1 aliphatic carbocycles. The Morgan fingerprint density at radius 1 is 1.05 bits per heavy atom. The largest absolute Gasteiger partial charge is 0.392 e. The van der Waals surface area contributed by atoms with Crippen LogP contribution in [0.4, 0.5) is 0 Å². The summed E-state index contributed by atoms with van der Waals surface area (Å²) in [7, 11) is -3.01. The van der Waals surface area contributed by atoms with E-state index in [0.29, 0.717) is 25.8 Å². The molecule has 20 heavy (non-hydrogen) atoms. The number of sulfone groups is 1. The SMILES string of the molecule is NC(=S)C1(C(=O)N2CCCS(=O)(=O)CC2)CCCCC1. The number of carbonyl (C=O) groups excluding carboxylic acids is 1. The summed E-state index contributed by atoms with van der Waals surface area (Å²) in [5.74, 6) is 0.157. The highest BCUT2D eigenvalue weighted by Gasteiger charge is 2.45. The Labute approximate surface area is 125 Å². The fourth-order valence-corrected chi connectivity index (χ4v) is 4.73. The summed E-state index contributed by atoms with van der Waals surface area (Å²) in [4.78, 5) is 14.8. The van der Waals surface area contributed by atoms with Crippen LogP contribution in [0.1, 0.15) is 38.5 Å². The van der Waals surface area contributed by atoms with Crippen molar-refractivity contribution in [2.45, 2.75) is 38.5 Å². The second-order valence-corrected chi connectivity index (χ2v) is 8.55. The lowest BCUT2D eigenvalue weighted by Gasteiger charge is -2.38. The van der Waals surface area contributed by atoms with Crippen molar-refractivity contribution in [3.8, 4) is 0 Å². The van der Waals surface area contributed by atoms with E-state index in [-0.39, 0.29) is 28.9 Å². The minimum Gasteiger partial charge on any atom is -0.392 e. The fourth-order valence-electron chi connectivity index (χ4n) is 3.17. The van der Waals surface area contributed by atoms with E-state index in [4.69, 9.17) is 18.0 Å². The second kappa shape index (κ2) is 5.97. The van der Waals surface area contributed by atoms with Gasteiger partial charge in [0, 0.05) is 13.1 Å². The Morgan fingerprint density at radius 2 is 1.70 bits per heavy atom. The van der Waals surface area contributed by atoms with Gasteiger partial charge in [0.25, 0.3) is 0 Å². The van der Waals surface area contributed by atoms with Crippen molar-refractivity contribution in [1.82, 2.24) is 4.90 Å². The molecule has 1 heterocycles. The van der Waals surface area contributed by atoms with E-state index in [2.05, 4.69) is 0 Å². The van der Waals surface area contributed by atoms with Crippen molar-refractivity contribution < 1.29 is 13.2 Å². The van der Waals surface area contributed by atoms with Crippen molar-refractivity contribution >= 4 is 33.0 Å². The first-order valence-corrected chi connectivity index (χ1v) is 9.40. The van der Waals surface area contributed by atoms with Crippen molar-refractivity contribution in [3.05, 3.63) is 0 Å². The Hall–Kier alpha value is -0.690. The number of hydrogen-bond acceptors (Lipinski definition) is 4. The van der Waals surface area contributed by atoms with Gasteiger partial charge in [-0.05, 0) is 19.3 Å². The molecule has 114 valence electrons. The van der Waals surface area contributed by atoms with E-state index in [1.165, 1.54) is 0 Å². The first-order valence-electron chi connectivity index (χ1n) is 7.17. The van der Waals surface area contributed by atoms with Crippen LogP contribution < -0.4 is 5.73 Å². The zero-order valence-electron chi connectivity index (χ0n) is 11.6. The molecule has 2 rings (SSSR count). The average molecular weight is 318 g/mol. The molecular formula is C13H22N2O3S2. The average Bonchev–Trinajstić information content (AvgIpc) is 2.59. The Kier molecular flexibility index (Phi) is 4.69. The van der Waals surface area contributed by atoms with Crippen LogP contribution in [-0.2, 0) is 14.6 Å². The Bertz CT molecular complexity index is 496. The Morgan fingerprint density at radius 3 is 2.30 bits per heavy atom. The molecule has 1 saturated carbocycles. The zero-order valence-corrected chi connectivity index (χ0v) is 13.3. The number of amides is 1. The molecule has 1 aliphatic heterocycles. The number of carbonyl (C=O) groups is 1. The van der Waals surface area contributed by atoms with Crippen molar-refractivity contribution in [2.24, 2.45) is 11.1 Å². The highest BCUT2D eigenvalue weighted by atomic mass is 32.2. The summed E-state index contributed by atoms with van der Waals surface area (Å²) in [5.41, 5.74) is 5.13. The van der Waals surface area contributed by atoms with Gasteiger partial charge in [-0.1, -0.05) is 31.5 Å². The summed E-state index contributed by atoms with van der Waals surface area (Å²) in [5, 5.41) is 0. The molecule has 0 spiro atoms. The molecule has 0 aromatic carbocycles. The molecule has 2 N–H and O–H groups in total. The van der Waals surface area contributed by atoms with Crippen molar-refractivity contribution in [1.29, 1.82) is 0 Å². The van der Waals surface area contributed by atoms with E-state index in [1.54, 1.807) is 4.90 Å². The monoisotopic (exact) mass is 318 g/mol. The summed E-state index contributed by atoms with van der Waals surface area (Å²) in [6, 6.07) is 0. The number of thiocarbonyl (C=S) groups is 1. The van der Waals surface area contributed by atoms with Gasteiger partial charge in [-0.2, -0.15) is 0 Å². The topological polar surface area (TPSA) is 80.5 Å². The zero-order chi connectivity index (χ0) is 14.8. The molecule has 2 aliphatic rings. The van der Waals surface area contributed by atoms with Crippen LogP contribution in [0.25, 0.3) is 0 Å². The number of rotatable bonds is 2. The van der Waals surface area contributed by atoms with E-state index in [1.807, 2.05) is 0 Å². The summed E-state index contributed by atoms with van der Waals surface area (Å²) >= 11 is 5.16. The number of hydrogen-bond donors (Lipinski definition) is 1. The molecule has 0 radical (unpaired) electrons. The van der Waals surface area contributed by atoms with E-state index in [0.717, 1.165) is 19.3 Å². The third-order valence-corrected chi connectivity index (χ3v) is 6.54. The predicted octanol–water partition coefficient (Wildman–Crippen LogP) is 0.870. The second-order valence-electron chi connectivity index (χ2n) is 5.80. The lowest BCUT2D eigenvalue weighted by atomic mass is 9.73. The standard InChI is InChI=1S/C13H22N2O3S2/c14-11(19)13(5-2-1-3-6-13)12(16)15-7-4-9-20(17,18)10-8-15/h1-10H2,(H2,14,19). The maximum absolute atomic E-state index is 12.8. The fraction of sp³-hybridized carbons (Fsp3) is 0.846. The summed E-state index contributed by atoms with van der Waals surface area (Å²) in [6.45, 7) is 0.758. The lowest BCUT2D eigenvalue weighted by Crippen LogP contribution is -2.52. The maximum atomic E-state index is 12.8. The summed E-state index contributed by atoms with van der Waals surface area (Å²) < 4.78 is 23.3. The van der Waals surface area contributed by atoms with Crippen LogP contribution in [0.3, 0.4) is 0 Å². The molecular weight excluding hydrogens is 296 g/mol. The third-order valence-electron chi connectivity index (χ3n) is 4.43. The molecule has 7 heteroatoms. The van der Waals surface area contributed by atoms with Crippen LogP contribution in [0.5, 0.6) is 0 Å². The third kappa shape index (κ3) is 3.14. The van der Waals surface area contributed by atoms with Gasteiger partial charge < -0.3 is 10.6 Å². The Balaban J connectivity index is 2.17. The lowest BCUT2D eigenvalue weighted by molar-refractivity contribution is -0.139. The number of nitrogens with zero attached hydrogens (tertiary/aromatic N) is 1. The van der Waals surface area contributed by atoms with Gasteiger partial charge in [0.05, 0.1) is 21.9 Å². The van der Waals surface area contributed by atoms with E-state index < -0.39 is 15.3 Å². The van der Waals surface area contributed by atoms with Crippen LogP contribution in [0.15, 0.2) is 0 Å². The van der Waals surface area contributed by atoms with Gasteiger partial charge in [-0.3, -0.25) is 4.79 Å². The molecule has 1 saturated heterocycles. The number of nitrogens with two attached hydrogens (primary N) is 1. The van der Waals surface area contributed by atoms with Crippen LogP contribution in [0, 0.1) is 5.41 Å². The van der Waals surface area contributed by atoms with E-state index >= 15 is 0 Å². The maximum Gasteiger partial charge on any atom is 0.235 e. The van der Waals surface area contributed by atoms with Crippen molar-refractivity contribution in [2.75, 3.05) is 24.6 Å². The van der Waals surface area contributed by atoms with Crippen molar-refractivity contribution in [3.63, 3.8) is 0 Å².